The summed E-state index contributed by atoms with van der Waals surface area (Å²) in [5, 5.41) is 10.4. The molecule has 0 amide bonds. The van der Waals surface area contributed by atoms with Crippen molar-refractivity contribution in [2.24, 2.45) is 9.98 Å². The van der Waals surface area contributed by atoms with Gasteiger partial charge in [-0.1, -0.05) is 23.9 Å². The highest BCUT2D eigenvalue weighted by Gasteiger charge is 2.36. The van der Waals surface area contributed by atoms with Gasteiger partial charge < -0.3 is 13.9 Å². The average Bonchev–Trinajstić information content (AvgIpc) is 3.33. The van der Waals surface area contributed by atoms with Gasteiger partial charge in [0.15, 0.2) is 5.17 Å². The lowest BCUT2D eigenvalue weighted by Gasteiger charge is -2.11. The Labute approximate surface area is 142 Å². The van der Waals surface area contributed by atoms with Gasteiger partial charge in [0.25, 0.3) is 0 Å². The van der Waals surface area contributed by atoms with Crippen LogP contribution in [0, 0.1) is 0 Å². The number of hydrogen-bond acceptors (Lipinski definition) is 6. The van der Waals surface area contributed by atoms with Gasteiger partial charge in [0, 0.05) is 11.8 Å². The first-order chi connectivity index (χ1) is 11.8. The topological polar surface area (TPSA) is 71.2 Å². The Hall–Kier alpha value is -2.73. The summed E-state index contributed by atoms with van der Waals surface area (Å²) < 4.78 is 11.1. The van der Waals surface area contributed by atoms with Gasteiger partial charge in [0.2, 0.25) is 0 Å². The summed E-state index contributed by atoms with van der Waals surface area (Å²) in [6.07, 6.45) is 4.90. The number of phenolic OH excluding ortho intramolecular Hbond substituents is 1. The molecule has 0 aliphatic carbocycles. The molecule has 0 fully saturated rings. The quantitative estimate of drug-likeness (QED) is 0.709. The zero-order chi connectivity index (χ0) is 16.4. The van der Waals surface area contributed by atoms with Gasteiger partial charge >= 0.3 is 0 Å². The van der Waals surface area contributed by atoms with Crippen molar-refractivity contribution in [3.8, 4) is 5.75 Å². The molecule has 5 nitrogen and oxygen atoms in total. The van der Waals surface area contributed by atoms with E-state index in [4.69, 9.17) is 8.83 Å². The Balaban J connectivity index is 1.62. The molecule has 2 aromatic heterocycles. The maximum absolute atomic E-state index is 9.82. The predicted octanol–water partition coefficient (Wildman–Crippen LogP) is 4.58. The molecule has 0 radical (unpaired) electrons. The largest absolute Gasteiger partial charge is 0.507 e. The van der Waals surface area contributed by atoms with E-state index < -0.39 is 0 Å². The van der Waals surface area contributed by atoms with Crippen LogP contribution in [0.3, 0.4) is 0 Å². The van der Waals surface area contributed by atoms with Crippen molar-refractivity contribution in [3.05, 3.63) is 78.1 Å². The monoisotopic (exact) mass is 338 g/mol. The van der Waals surface area contributed by atoms with Crippen molar-refractivity contribution in [2.45, 2.75) is 11.3 Å². The summed E-state index contributed by atoms with van der Waals surface area (Å²) in [6, 6.07) is 14.4. The summed E-state index contributed by atoms with van der Waals surface area (Å²) in [5.74, 6) is 1.80. The lowest BCUT2D eigenvalue weighted by molar-refractivity contribution is 0.432. The Morgan fingerprint density at radius 1 is 1.00 bits per heavy atom. The molecule has 24 heavy (non-hydrogen) atoms. The SMILES string of the molecule is Oc1ccccc1C=NC1=N[C@H](c2ccco2)[C@H](c2ccco2)S1. The van der Waals surface area contributed by atoms with E-state index in [-0.39, 0.29) is 17.0 Å². The van der Waals surface area contributed by atoms with Gasteiger partial charge in [0.05, 0.1) is 12.5 Å². The van der Waals surface area contributed by atoms with E-state index in [1.54, 1.807) is 36.9 Å². The number of amidine groups is 1. The first kappa shape index (κ1) is 14.8. The van der Waals surface area contributed by atoms with Crippen molar-refractivity contribution in [2.75, 3.05) is 0 Å². The minimum Gasteiger partial charge on any atom is -0.507 e. The second-order valence-corrected chi connectivity index (χ2v) is 6.35. The van der Waals surface area contributed by atoms with E-state index in [2.05, 4.69) is 9.98 Å². The fourth-order valence-electron chi connectivity index (χ4n) is 2.52. The molecule has 6 heteroatoms. The van der Waals surface area contributed by atoms with Crippen molar-refractivity contribution in [1.29, 1.82) is 0 Å². The van der Waals surface area contributed by atoms with Crippen LogP contribution in [0.5, 0.6) is 5.75 Å². The fourth-order valence-corrected chi connectivity index (χ4v) is 3.61. The summed E-state index contributed by atoms with van der Waals surface area (Å²) in [4.78, 5) is 9.08. The van der Waals surface area contributed by atoms with E-state index in [1.165, 1.54) is 11.8 Å². The van der Waals surface area contributed by atoms with Crippen molar-refractivity contribution < 1.29 is 13.9 Å². The third-order valence-electron chi connectivity index (χ3n) is 3.68. The lowest BCUT2D eigenvalue weighted by atomic mass is 10.1. The van der Waals surface area contributed by atoms with Crippen molar-refractivity contribution in [3.63, 3.8) is 0 Å². The van der Waals surface area contributed by atoms with Crippen LogP contribution in [0.4, 0.5) is 0 Å². The Bertz CT molecular complexity index is 870. The first-order valence-corrected chi connectivity index (χ1v) is 8.32. The number of thioether (sulfide) groups is 1. The molecule has 1 aromatic carbocycles. The highest BCUT2D eigenvalue weighted by Crippen LogP contribution is 2.48. The molecule has 2 atom stereocenters. The molecule has 1 N–H and O–H groups in total. The fraction of sp³-hybridized carbons (Fsp3) is 0.111. The number of rotatable bonds is 3. The highest BCUT2D eigenvalue weighted by atomic mass is 32.2. The summed E-state index contributed by atoms with van der Waals surface area (Å²) in [6.45, 7) is 0. The summed E-state index contributed by atoms with van der Waals surface area (Å²) in [7, 11) is 0. The molecule has 1 aliphatic rings. The van der Waals surface area contributed by atoms with Gasteiger partial charge in [0.1, 0.15) is 28.6 Å². The van der Waals surface area contributed by atoms with Crippen molar-refractivity contribution in [1.82, 2.24) is 0 Å². The zero-order valence-corrected chi connectivity index (χ0v) is 13.4. The number of hydrogen-bond donors (Lipinski definition) is 1. The van der Waals surface area contributed by atoms with Gasteiger partial charge in [-0.15, -0.1) is 0 Å². The standard InChI is InChI=1S/C18H14N2O3S/c21-13-6-2-1-5-12(13)11-19-18-20-16(14-7-3-9-22-14)17(24-18)15-8-4-10-23-15/h1-11,16-17,21H/t16-,17+/m1/s1. The number of furan rings is 2. The molecule has 3 heterocycles. The predicted molar refractivity (Wildman–Crippen MR) is 93.6 cm³/mol. The zero-order valence-electron chi connectivity index (χ0n) is 12.6. The summed E-state index contributed by atoms with van der Waals surface area (Å²) in [5.41, 5.74) is 0.650. The van der Waals surface area contributed by atoms with Crippen LogP contribution in [0.1, 0.15) is 28.4 Å². The molecule has 0 unspecified atom stereocenters. The van der Waals surface area contributed by atoms with Gasteiger partial charge in [-0.2, -0.15) is 0 Å². The Kier molecular flexibility index (Phi) is 3.96. The van der Waals surface area contributed by atoms with Crippen LogP contribution in [-0.2, 0) is 0 Å². The molecule has 120 valence electrons. The maximum Gasteiger partial charge on any atom is 0.184 e. The molecule has 4 rings (SSSR count). The highest BCUT2D eigenvalue weighted by molar-refractivity contribution is 8.14. The summed E-state index contributed by atoms with van der Waals surface area (Å²) >= 11 is 1.52. The van der Waals surface area contributed by atoms with E-state index in [0.29, 0.717) is 10.7 Å². The van der Waals surface area contributed by atoms with Crippen LogP contribution in [0.25, 0.3) is 0 Å². The van der Waals surface area contributed by atoms with Crippen LogP contribution >= 0.6 is 11.8 Å². The lowest BCUT2D eigenvalue weighted by Crippen LogP contribution is -1.99. The molecule has 0 saturated carbocycles. The van der Waals surface area contributed by atoms with Gasteiger partial charge in [-0.3, -0.25) is 0 Å². The van der Waals surface area contributed by atoms with E-state index in [0.717, 1.165) is 11.5 Å². The minimum atomic E-state index is -0.187. The van der Waals surface area contributed by atoms with E-state index in [1.807, 2.05) is 30.3 Å². The van der Waals surface area contributed by atoms with Gasteiger partial charge in [-0.25, -0.2) is 9.98 Å². The average molecular weight is 338 g/mol. The number of phenols is 1. The molecule has 3 aromatic rings. The third-order valence-corrected chi connectivity index (χ3v) is 4.84. The van der Waals surface area contributed by atoms with Gasteiger partial charge in [-0.05, 0) is 36.4 Å². The Morgan fingerprint density at radius 2 is 1.75 bits per heavy atom. The number of nitrogens with zero attached hydrogens (tertiary/aromatic N) is 2. The molecule has 0 spiro atoms. The van der Waals surface area contributed by atoms with E-state index in [9.17, 15) is 5.11 Å². The Morgan fingerprint density at radius 3 is 2.46 bits per heavy atom. The smallest absolute Gasteiger partial charge is 0.184 e. The van der Waals surface area contributed by atoms with Crippen LogP contribution in [0.2, 0.25) is 0 Å². The first-order valence-electron chi connectivity index (χ1n) is 7.44. The van der Waals surface area contributed by atoms with Crippen LogP contribution < -0.4 is 0 Å². The number of para-hydroxylation sites is 1. The molecule has 0 bridgehead atoms. The molecular weight excluding hydrogens is 324 g/mol. The second kappa shape index (κ2) is 6.41. The number of aromatic hydroxyl groups is 1. The minimum absolute atomic E-state index is 0.0253. The van der Waals surface area contributed by atoms with Crippen LogP contribution in [0.15, 0.2) is 79.9 Å². The molecule has 1 aliphatic heterocycles. The van der Waals surface area contributed by atoms with Crippen LogP contribution in [-0.4, -0.2) is 16.5 Å². The molecule has 0 saturated heterocycles. The number of benzene rings is 1. The second-order valence-electron chi connectivity index (χ2n) is 5.24. The number of aliphatic imine (C=N–C) groups is 2. The normalized spacial score (nSPS) is 20.6. The third kappa shape index (κ3) is 2.88. The molecular formula is C18H14N2O3S. The van der Waals surface area contributed by atoms with E-state index >= 15 is 0 Å². The maximum atomic E-state index is 9.82. The van der Waals surface area contributed by atoms with Crippen molar-refractivity contribution >= 4 is 23.1 Å².